The summed E-state index contributed by atoms with van der Waals surface area (Å²) in [7, 11) is 1.43. The molecular weight excluding hydrogens is 268 g/mol. The maximum Gasteiger partial charge on any atom is 0.311 e. The van der Waals surface area contributed by atoms with E-state index in [1.807, 2.05) is 18.2 Å². The van der Waals surface area contributed by atoms with Crippen molar-refractivity contribution in [2.75, 3.05) is 19.0 Å². The van der Waals surface area contributed by atoms with Gasteiger partial charge in [-0.2, -0.15) is 0 Å². The molecule has 0 heterocycles. The molecule has 0 aliphatic carbocycles. The summed E-state index contributed by atoms with van der Waals surface area (Å²) < 4.78 is 5.04. The molecule has 0 unspecified atom stereocenters. The largest absolute Gasteiger partial charge is 0.490 e. The molecule has 0 aliphatic rings. The highest BCUT2D eigenvalue weighted by molar-refractivity contribution is 5.57. The lowest BCUT2D eigenvalue weighted by molar-refractivity contribution is -0.385. The van der Waals surface area contributed by atoms with Crippen molar-refractivity contribution in [3.05, 3.63) is 64.2 Å². The second-order valence-corrected chi connectivity index (χ2v) is 4.66. The van der Waals surface area contributed by atoms with Crippen molar-refractivity contribution in [1.82, 2.24) is 0 Å². The number of rotatable bonds is 7. The van der Waals surface area contributed by atoms with E-state index in [1.165, 1.54) is 18.7 Å². The number of benzene rings is 2. The van der Waals surface area contributed by atoms with Crippen LogP contribution < -0.4 is 10.1 Å². The molecule has 0 atom stereocenters. The van der Waals surface area contributed by atoms with Gasteiger partial charge in [0.25, 0.3) is 0 Å². The first-order valence-electron chi connectivity index (χ1n) is 6.81. The number of hydrogen-bond acceptors (Lipinski definition) is 4. The number of hydrogen-bond donors (Lipinski definition) is 1. The van der Waals surface area contributed by atoms with Crippen LogP contribution in [0.3, 0.4) is 0 Å². The Kier molecular flexibility index (Phi) is 5.15. The van der Waals surface area contributed by atoms with Gasteiger partial charge in [-0.1, -0.05) is 30.3 Å². The monoisotopic (exact) mass is 286 g/mol. The number of nitro benzene ring substituents is 1. The van der Waals surface area contributed by atoms with Crippen molar-refractivity contribution in [3.8, 4) is 5.75 Å². The molecule has 1 N–H and O–H groups in total. The number of methoxy groups -OCH3 is 1. The van der Waals surface area contributed by atoms with Crippen LogP contribution >= 0.6 is 0 Å². The Morgan fingerprint density at radius 2 is 1.95 bits per heavy atom. The Morgan fingerprint density at radius 3 is 2.62 bits per heavy atom. The summed E-state index contributed by atoms with van der Waals surface area (Å²) >= 11 is 0. The lowest BCUT2D eigenvalue weighted by Gasteiger charge is -2.08. The Bertz CT molecular complexity index is 600. The van der Waals surface area contributed by atoms with Gasteiger partial charge in [-0.15, -0.1) is 0 Å². The van der Waals surface area contributed by atoms with E-state index in [9.17, 15) is 10.1 Å². The van der Waals surface area contributed by atoms with Gasteiger partial charge in [-0.25, -0.2) is 0 Å². The first-order chi connectivity index (χ1) is 10.2. The van der Waals surface area contributed by atoms with Crippen molar-refractivity contribution < 1.29 is 9.66 Å². The van der Waals surface area contributed by atoms with Crippen molar-refractivity contribution in [1.29, 1.82) is 0 Å². The molecule has 0 aromatic heterocycles. The molecule has 2 aromatic rings. The van der Waals surface area contributed by atoms with Crippen LogP contribution in [0.4, 0.5) is 11.4 Å². The molecule has 5 nitrogen and oxygen atoms in total. The van der Waals surface area contributed by atoms with Crippen molar-refractivity contribution in [2.45, 2.75) is 12.8 Å². The second kappa shape index (κ2) is 7.28. The molecule has 5 heteroatoms. The number of anilines is 1. The van der Waals surface area contributed by atoms with Gasteiger partial charge >= 0.3 is 5.69 Å². The van der Waals surface area contributed by atoms with Crippen molar-refractivity contribution in [3.63, 3.8) is 0 Å². The van der Waals surface area contributed by atoms with Crippen LogP contribution in [0.1, 0.15) is 12.0 Å². The molecule has 21 heavy (non-hydrogen) atoms. The first-order valence-corrected chi connectivity index (χ1v) is 6.81. The van der Waals surface area contributed by atoms with Crippen LogP contribution in [-0.2, 0) is 6.42 Å². The molecule has 0 radical (unpaired) electrons. The molecule has 0 saturated heterocycles. The maximum atomic E-state index is 10.8. The lowest BCUT2D eigenvalue weighted by Crippen LogP contribution is -2.03. The normalized spacial score (nSPS) is 10.1. The van der Waals surface area contributed by atoms with Crippen LogP contribution in [0.2, 0.25) is 0 Å². The summed E-state index contributed by atoms with van der Waals surface area (Å²) in [5, 5.41) is 14.1. The van der Waals surface area contributed by atoms with Crippen molar-refractivity contribution in [2.24, 2.45) is 0 Å². The smallest absolute Gasteiger partial charge is 0.311 e. The van der Waals surface area contributed by atoms with E-state index in [4.69, 9.17) is 4.74 Å². The molecule has 0 bridgehead atoms. The van der Waals surface area contributed by atoms with Gasteiger partial charge in [0.2, 0.25) is 0 Å². The fourth-order valence-corrected chi connectivity index (χ4v) is 2.11. The van der Waals surface area contributed by atoms with E-state index in [0.717, 1.165) is 25.1 Å². The third-order valence-electron chi connectivity index (χ3n) is 3.19. The van der Waals surface area contributed by atoms with E-state index < -0.39 is 4.92 Å². The third-order valence-corrected chi connectivity index (χ3v) is 3.19. The minimum absolute atomic E-state index is 0.0210. The SMILES string of the molecule is COc1cc(NCCCc2ccccc2)ccc1[N+](=O)[O-]. The van der Waals surface area contributed by atoms with Gasteiger partial charge in [0.1, 0.15) is 0 Å². The number of ether oxygens (including phenoxy) is 1. The predicted octanol–water partition coefficient (Wildman–Crippen LogP) is 3.65. The third kappa shape index (κ3) is 4.21. The Labute approximate surface area is 123 Å². The Hall–Kier alpha value is -2.56. The summed E-state index contributed by atoms with van der Waals surface area (Å²) in [4.78, 5) is 10.4. The average Bonchev–Trinajstić information content (AvgIpc) is 2.52. The molecule has 2 aromatic carbocycles. The minimum Gasteiger partial charge on any atom is -0.490 e. The number of aryl methyl sites for hydroxylation is 1. The highest BCUT2D eigenvalue weighted by Crippen LogP contribution is 2.29. The highest BCUT2D eigenvalue weighted by atomic mass is 16.6. The van der Waals surface area contributed by atoms with Gasteiger partial charge in [0.05, 0.1) is 12.0 Å². The summed E-state index contributed by atoms with van der Waals surface area (Å²) in [6.45, 7) is 0.801. The van der Waals surface area contributed by atoms with Crippen molar-refractivity contribution >= 4 is 11.4 Å². The Balaban J connectivity index is 1.87. The lowest BCUT2D eigenvalue weighted by atomic mass is 10.1. The maximum absolute atomic E-state index is 10.8. The second-order valence-electron chi connectivity index (χ2n) is 4.66. The first kappa shape index (κ1) is 14.8. The van der Waals surface area contributed by atoms with Gasteiger partial charge in [-0.3, -0.25) is 10.1 Å². The molecule has 0 amide bonds. The Morgan fingerprint density at radius 1 is 1.19 bits per heavy atom. The van der Waals surface area contributed by atoms with E-state index in [2.05, 4.69) is 17.4 Å². The van der Waals surface area contributed by atoms with Crippen LogP contribution in [-0.4, -0.2) is 18.6 Å². The summed E-state index contributed by atoms with van der Waals surface area (Å²) in [5.74, 6) is 0.271. The number of nitrogens with one attached hydrogen (secondary N) is 1. The predicted molar refractivity (Wildman–Crippen MR) is 82.9 cm³/mol. The van der Waals surface area contributed by atoms with Crippen LogP contribution in [0.5, 0.6) is 5.75 Å². The van der Waals surface area contributed by atoms with Gasteiger partial charge in [0, 0.05) is 24.4 Å². The van der Waals surface area contributed by atoms with Gasteiger partial charge in [0.15, 0.2) is 5.75 Å². The van der Waals surface area contributed by atoms with Gasteiger partial charge < -0.3 is 10.1 Å². The molecule has 110 valence electrons. The minimum atomic E-state index is -0.446. The number of nitrogens with zero attached hydrogens (tertiary/aromatic N) is 1. The zero-order chi connectivity index (χ0) is 15.1. The topological polar surface area (TPSA) is 64.4 Å². The summed E-state index contributed by atoms with van der Waals surface area (Å²) in [6, 6.07) is 15.1. The molecular formula is C16H18N2O3. The van der Waals surface area contributed by atoms with E-state index in [0.29, 0.717) is 0 Å². The summed E-state index contributed by atoms with van der Waals surface area (Å²) in [5.41, 5.74) is 2.11. The fourth-order valence-electron chi connectivity index (χ4n) is 2.11. The zero-order valence-electron chi connectivity index (χ0n) is 11.9. The molecule has 0 aliphatic heterocycles. The molecule has 0 fully saturated rings. The van der Waals surface area contributed by atoms with Crippen LogP contribution in [0, 0.1) is 10.1 Å². The van der Waals surface area contributed by atoms with E-state index in [1.54, 1.807) is 12.1 Å². The average molecular weight is 286 g/mol. The van der Waals surface area contributed by atoms with E-state index >= 15 is 0 Å². The quantitative estimate of drug-likeness (QED) is 0.479. The standard InChI is InChI=1S/C16H18N2O3/c1-21-16-12-14(9-10-15(16)18(19)20)17-11-5-8-13-6-3-2-4-7-13/h2-4,6-7,9-10,12,17H,5,8,11H2,1H3. The van der Waals surface area contributed by atoms with Gasteiger partial charge in [-0.05, 0) is 24.5 Å². The molecule has 0 saturated carbocycles. The summed E-state index contributed by atoms with van der Waals surface area (Å²) in [6.07, 6.45) is 1.99. The molecule has 2 rings (SSSR count). The van der Waals surface area contributed by atoms with E-state index in [-0.39, 0.29) is 11.4 Å². The van der Waals surface area contributed by atoms with Crippen LogP contribution in [0.25, 0.3) is 0 Å². The molecule has 0 spiro atoms. The zero-order valence-corrected chi connectivity index (χ0v) is 11.9. The van der Waals surface area contributed by atoms with Crippen LogP contribution in [0.15, 0.2) is 48.5 Å². The highest BCUT2D eigenvalue weighted by Gasteiger charge is 2.14. The fraction of sp³-hybridized carbons (Fsp3) is 0.250. The number of nitro groups is 1.